The fourth-order valence-corrected chi connectivity index (χ4v) is 5.73. The van der Waals surface area contributed by atoms with Crippen molar-refractivity contribution in [2.24, 2.45) is 0 Å². The van der Waals surface area contributed by atoms with Crippen LogP contribution in [-0.4, -0.2) is 44.3 Å². The standard InChI is InChI=1S/C24H29N3O4S/c1-5-12-25-23(28)21-7-6-13-27(21)24(29)19-8-10-20(11-9-19)26-32(30,31)22-17(3)14-16(2)15-18(22)4/h5,8-11,14-15,21,26H,1,6-7,12-13H2,2-4H3,(H,25,28). The normalized spacial score (nSPS) is 16.0. The lowest BCUT2D eigenvalue weighted by molar-refractivity contribution is -0.124. The third kappa shape index (κ3) is 5.02. The van der Waals surface area contributed by atoms with Crippen LogP contribution in [0.4, 0.5) is 5.69 Å². The molecule has 0 radical (unpaired) electrons. The lowest BCUT2D eigenvalue weighted by atomic mass is 10.1. The number of hydrogen-bond donors (Lipinski definition) is 2. The number of rotatable bonds is 7. The number of nitrogens with zero attached hydrogens (tertiary/aromatic N) is 1. The van der Waals surface area contributed by atoms with Crippen molar-refractivity contribution in [2.45, 2.75) is 44.6 Å². The highest BCUT2D eigenvalue weighted by atomic mass is 32.2. The van der Waals surface area contributed by atoms with Gasteiger partial charge in [-0.15, -0.1) is 6.58 Å². The summed E-state index contributed by atoms with van der Waals surface area (Å²) in [5.74, 6) is -0.440. The van der Waals surface area contributed by atoms with Crippen molar-refractivity contribution in [3.8, 4) is 0 Å². The van der Waals surface area contributed by atoms with Crippen molar-refractivity contribution >= 4 is 27.5 Å². The summed E-state index contributed by atoms with van der Waals surface area (Å²) in [4.78, 5) is 27.1. The molecule has 1 unspecified atom stereocenters. The number of carbonyl (C=O) groups excluding carboxylic acids is 2. The molecule has 1 fully saturated rings. The van der Waals surface area contributed by atoms with Gasteiger partial charge in [0.2, 0.25) is 5.91 Å². The Hall–Kier alpha value is -3.13. The Bertz CT molecular complexity index is 1120. The van der Waals surface area contributed by atoms with Gasteiger partial charge in [0.05, 0.1) is 4.90 Å². The second kappa shape index (κ2) is 9.56. The van der Waals surface area contributed by atoms with Crippen LogP contribution in [0.15, 0.2) is 53.9 Å². The molecule has 0 saturated carbocycles. The van der Waals surface area contributed by atoms with Gasteiger partial charge in [-0.2, -0.15) is 0 Å². The summed E-state index contributed by atoms with van der Waals surface area (Å²) in [6.45, 7) is 9.91. The van der Waals surface area contributed by atoms with Crippen LogP contribution in [0.3, 0.4) is 0 Å². The van der Waals surface area contributed by atoms with Crippen LogP contribution in [0.5, 0.6) is 0 Å². The van der Waals surface area contributed by atoms with Gasteiger partial charge in [0.25, 0.3) is 15.9 Å². The van der Waals surface area contributed by atoms with Gasteiger partial charge < -0.3 is 10.2 Å². The summed E-state index contributed by atoms with van der Waals surface area (Å²) >= 11 is 0. The zero-order chi connectivity index (χ0) is 23.5. The van der Waals surface area contributed by atoms with E-state index in [0.29, 0.717) is 41.9 Å². The summed E-state index contributed by atoms with van der Waals surface area (Å²) in [6, 6.07) is 9.44. The first-order valence-electron chi connectivity index (χ1n) is 10.5. The molecular weight excluding hydrogens is 426 g/mol. The molecule has 2 amide bonds. The number of anilines is 1. The molecular formula is C24H29N3O4S. The molecule has 1 atom stereocenters. The molecule has 2 N–H and O–H groups in total. The largest absolute Gasteiger partial charge is 0.351 e. The van der Waals surface area contributed by atoms with E-state index in [4.69, 9.17) is 0 Å². The van der Waals surface area contributed by atoms with Crippen LogP contribution < -0.4 is 10.0 Å². The molecule has 7 nitrogen and oxygen atoms in total. The second-order valence-corrected chi connectivity index (χ2v) is 9.72. The quantitative estimate of drug-likeness (QED) is 0.626. The fraction of sp³-hybridized carbons (Fsp3) is 0.333. The molecule has 2 aromatic rings. The number of carbonyl (C=O) groups is 2. The van der Waals surface area contributed by atoms with E-state index >= 15 is 0 Å². The predicted molar refractivity (Wildman–Crippen MR) is 125 cm³/mol. The highest BCUT2D eigenvalue weighted by Gasteiger charge is 2.34. The Morgan fingerprint density at radius 2 is 1.75 bits per heavy atom. The lowest BCUT2D eigenvalue weighted by Crippen LogP contribution is -2.46. The van der Waals surface area contributed by atoms with Crippen LogP contribution in [-0.2, 0) is 14.8 Å². The predicted octanol–water partition coefficient (Wildman–Crippen LogP) is 3.32. The van der Waals surface area contributed by atoms with Crippen LogP contribution in [0, 0.1) is 20.8 Å². The molecule has 0 spiro atoms. The molecule has 2 aromatic carbocycles. The Balaban J connectivity index is 1.76. The SMILES string of the molecule is C=CCNC(=O)C1CCCN1C(=O)c1ccc(NS(=O)(=O)c2c(C)cc(C)cc2C)cc1. The van der Waals surface area contributed by atoms with Gasteiger partial charge in [-0.3, -0.25) is 14.3 Å². The first kappa shape index (κ1) is 23.5. The maximum absolute atomic E-state index is 13.0. The third-order valence-electron chi connectivity index (χ3n) is 5.49. The van der Waals surface area contributed by atoms with Crippen molar-refractivity contribution in [3.63, 3.8) is 0 Å². The molecule has 0 aliphatic carbocycles. The molecule has 170 valence electrons. The van der Waals surface area contributed by atoms with Gasteiger partial charge in [0.15, 0.2) is 0 Å². The number of aryl methyl sites for hydroxylation is 3. The number of benzene rings is 2. The van der Waals surface area contributed by atoms with E-state index < -0.39 is 16.1 Å². The number of sulfonamides is 1. The minimum atomic E-state index is -3.78. The summed E-state index contributed by atoms with van der Waals surface area (Å²) in [5.41, 5.74) is 3.12. The molecule has 1 aliphatic heterocycles. The highest BCUT2D eigenvalue weighted by Crippen LogP contribution is 2.25. The summed E-state index contributed by atoms with van der Waals surface area (Å²) in [6.07, 6.45) is 2.96. The van der Waals surface area contributed by atoms with E-state index in [1.165, 1.54) is 0 Å². The summed E-state index contributed by atoms with van der Waals surface area (Å²) in [5, 5.41) is 2.75. The average molecular weight is 456 g/mol. The van der Waals surface area contributed by atoms with Gasteiger partial charge in [0, 0.05) is 24.3 Å². The highest BCUT2D eigenvalue weighted by molar-refractivity contribution is 7.92. The topological polar surface area (TPSA) is 95.6 Å². The molecule has 1 heterocycles. The maximum Gasteiger partial charge on any atom is 0.262 e. The number of likely N-dealkylation sites (tertiary alicyclic amines) is 1. The van der Waals surface area contributed by atoms with E-state index in [1.807, 2.05) is 19.1 Å². The Morgan fingerprint density at radius 3 is 2.34 bits per heavy atom. The maximum atomic E-state index is 13.0. The smallest absolute Gasteiger partial charge is 0.262 e. The van der Waals surface area contributed by atoms with Crippen LogP contribution >= 0.6 is 0 Å². The Labute approximate surface area is 189 Å². The second-order valence-electron chi connectivity index (χ2n) is 8.10. The molecule has 3 rings (SSSR count). The number of nitrogens with one attached hydrogen (secondary N) is 2. The van der Waals surface area contributed by atoms with E-state index in [9.17, 15) is 18.0 Å². The Kier molecular flexibility index (Phi) is 7.03. The Morgan fingerprint density at radius 1 is 1.12 bits per heavy atom. The van der Waals surface area contributed by atoms with Crippen molar-refractivity contribution in [2.75, 3.05) is 17.8 Å². The van der Waals surface area contributed by atoms with Crippen LogP contribution in [0.25, 0.3) is 0 Å². The van der Waals surface area contributed by atoms with Crippen LogP contribution in [0.1, 0.15) is 39.9 Å². The molecule has 32 heavy (non-hydrogen) atoms. The van der Waals surface area contributed by atoms with Gasteiger partial charge >= 0.3 is 0 Å². The van der Waals surface area contributed by atoms with E-state index in [0.717, 1.165) is 12.0 Å². The first-order valence-corrected chi connectivity index (χ1v) is 12.0. The minimum Gasteiger partial charge on any atom is -0.351 e. The zero-order valence-electron chi connectivity index (χ0n) is 18.6. The minimum absolute atomic E-state index is 0.191. The van der Waals surface area contributed by atoms with Gasteiger partial charge in [-0.1, -0.05) is 23.8 Å². The molecule has 1 saturated heterocycles. The molecule has 8 heteroatoms. The van der Waals surface area contributed by atoms with Crippen molar-refractivity contribution in [1.29, 1.82) is 0 Å². The van der Waals surface area contributed by atoms with Gasteiger partial charge in [-0.05, 0) is 69.0 Å². The average Bonchev–Trinajstić information content (AvgIpc) is 3.20. The molecule has 1 aliphatic rings. The van der Waals surface area contributed by atoms with Crippen LogP contribution in [0.2, 0.25) is 0 Å². The van der Waals surface area contributed by atoms with Crippen molar-refractivity contribution in [1.82, 2.24) is 10.2 Å². The van der Waals surface area contributed by atoms with E-state index in [2.05, 4.69) is 16.6 Å². The van der Waals surface area contributed by atoms with Crippen molar-refractivity contribution < 1.29 is 18.0 Å². The van der Waals surface area contributed by atoms with Crippen molar-refractivity contribution in [3.05, 3.63) is 71.3 Å². The van der Waals surface area contributed by atoms with E-state index in [1.54, 1.807) is 49.1 Å². The van der Waals surface area contributed by atoms with Gasteiger partial charge in [-0.25, -0.2) is 8.42 Å². The molecule has 0 aromatic heterocycles. The first-order chi connectivity index (χ1) is 15.1. The van der Waals surface area contributed by atoms with Gasteiger partial charge in [0.1, 0.15) is 6.04 Å². The fourth-order valence-electron chi connectivity index (χ4n) is 4.22. The molecule has 0 bridgehead atoms. The van der Waals surface area contributed by atoms with E-state index in [-0.39, 0.29) is 16.7 Å². The third-order valence-corrected chi connectivity index (χ3v) is 7.18. The summed E-state index contributed by atoms with van der Waals surface area (Å²) in [7, 11) is -3.78. The number of hydrogen-bond acceptors (Lipinski definition) is 4. The zero-order valence-corrected chi connectivity index (χ0v) is 19.5. The lowest BCUT2D eigenvalue weighted by Gasteiger charge is -2.24. The number of amides is 2. The summed E-state index contributed by atoms with van der Waals surface area (Å²) < 4.78 is 28.5. The monoisotopic (exact) mass is 455 g/mol.